The quantitative estimate of drug-likeness (QED) is 0.797. The molecule has 2 rings (SSSR count). The Morgan fingerprint density at radius 1 is 1.14 bits per heavy atom. The zero-order valence-electron chi connectivity index (χ0n) is 12.1. The summed E-state index contributed by atoms with van der Waals surface area (Å²) in [5.41, 5.74) is 0. The van der Waals surface area contributed by atoms with E-state index in [1.54, 1.807) is 25.1 Å². The van der Waals surface area contributed by atoms with E-state index in [1.807, 2.05) is 24.3 Å². The number of hydrogen-bond acceptors (Lipinski definition) is 4. The molecule has 0 aliphatic heterocycles. The minimum Gasteiger partial charge on any atom is -0.469 e. The highest BCUT2D eigenvalue weighted by Crippen LogP contribution is 2.23. The van der Waals surface area contributed by atoms with E-state index in [-0.39, 0.29) is 12.8 Å². The summed E-state index contributed by atoms with van der Waals surface area (Å²) in [5.74, 6) is -0.393. The summed E-state index contributed by atoms with van der Waals surface area (Å²) < 4.78 is 29.6. The zero-order valence-corrected chi connectivity index (χ0v) is 12.9. The van der Waals surface area contributed by atoms with Gasteiger partial charge in [0.15, 0.2) is 9.84 Å². The van der Waals surface area contributed by atoms with Gasteiger partial charge in [0, 0.05) is 6.42 Å². The van der Waals surface area contributed by atoms with Crippen LogP contribution in [0.1, 0.15) is 19.8 Å². The van der Waals surface area contributed by atoms with E-state index in [1.165, 1.54) is 7.11 Å². The number of carbonyl (C=O) groups is 1. The molecule has 0 saturated carbocycles. The van der Waals surface area contributed by atoms with Crippen molar-refractivity contribution >= 4 is 26.6 Å². The summed E-state index contributed by atoms with van der Waals surface area (Å²) in [7, 11) is -2.15. The molecule has 0 fully saturated rings. The molecular weight excluding hydrogens is 288 g/mol. The van der Waals surface area contributed by atoms with Gasteiger partial charge in [0.05, 0.1) is 17.3 Å². The molecular formula is C16H18O4S. The molecule has 112 valence electrons. The second-order valence-electron chi connectivity index (χ2n) is 4.98. The van der Waals surface area contributed by atoms with Crippen LogP contribution in [0.2, 0.25) is 0 Å². The van der Waals surface area contributed by atoms with Crippen LogP contribution in [0, 0.1) is 0 Å². The van der Waals surface area contributed by atoms with Crippen LogP contribution in [-0.4, -0.2) is 26.7 Å². The predicted octanol–water partition coefficient (Wildman–Crippen LogP) is 2.96. The van der Waals surface area contributed by atoms with E-state index in [2.05, 4.69) is 4.74 Å². The lowest BCUT2D eigenvalue weighted by molar-refractivity contribution is -0.140. The number of carbonyl (C=O) groups excluding carboxylic acids is 1. The highest BCUT2D eigenvalue weighted by molar-refractivity contribution is 7.92. The minimum absolute atomic E-state index is 0.102. The molecule has 0 bridgehead atoms. The molecule has 0 aliphatic carbocycles. The van der Waals surface area contributed by atoms with E-state index < -0.39 is 21.1 Å². The van der Waals surface area contributed by atoms with Crippen LogP contribution in [0.5, 0.6) is 0 Å². The normalized spacial score (nSPS) is 13.0. The number of ether oxygens (including phenoxy) is 1. The van der Waals surface area contributed by atoms with Crippen molar-refractivity contribution in [1.82, 2.24) is 0 Å². The topological polar surface area (TPSA) is 60.4 Å². The summed E-state index contributed by atoms with van der Waals surface area (Å²) in [4.78, 5) is 11.4. The molecule has 21 heavy (non-hydrogen) atoms. The summed E-state index contributed by atoms with van der Waals surface area (Å²) in [6.45, 7) is 1.62. The summed E-state index contributed by atoms with van der Waals surface area (Å²) in [6.07, 6.45) is 0.353. The van der Waals surface area contributed by atoms with Crippen molar-refractivity contribution in [3.05, 3.63) is 42.5 Å². The van der Waals surface area contributed by atoms with Crippen molar-refractivity contribution < 1.29 is 17.9 Å². The Kier molecular flexibility index (Phi) is 4.63. The first kappa shape index (κ1) is 15.5. The first-order chi connectivity index (χ1) is 9.95. The van der Waals surface area contributed by atoms with Gasteiger partial charge in [-0.1, -0.05) is 30.3 Å². The maximum absolute atomic E-state index is 12.5. The maximum Gasteiger partial charge on any atom is 0.305 e. The van der Waals surface area contributed by atoms with Crippen LogP contribution >= 0.6 is 0 Å². The fourth-order valence-electron chi connectivity index (χ4n) is 2.16. The van der Waals surface area contributed by atoms with Gasteiger partial charge in [0.25, 0.3) is 0 Å². The highest BCUT2D eigenvalue weighted by atomic mass is 32.2. The van der Waals surface area contributed by atoms with Crippen LogP contribution in [0.4, 0.5) is 0 Å². The van der Waals surface area contributed by atoms with Crippen LogP contribution < -0.4 is 0 Å². The van der Waals surface area contributed by atoms with Crippen LogP contribution in [0.15, 0.2) is 47.4 Å². The fourth-order valence-corrected chi connectivity index (χ4v) is 3.60. The third kappa shape index (κ3) is 3.42. The molecule has 0 N–H and O–H groups in total. The summed E-state index contributed by atoms with van der Waals surface area (Å²) in [5, 5.41) is 1.26. The van der Waals surface area contributed by atoms with Crippen LogP contribution in [0.3, 0.4) is 0 Å². The molecule has 0 radical (unpaired) electrons. The van der Waals surface area contributed by atoms with Crippen LogP contribution in [-0.2, 0) is 19.4 Å². The molecule has 1 atom stereocenters. The third-order valence-corrected chi connectivity index (χ3v) is 5.77. The van der Waals surface area contributed by atoms with E-state index >= 15 is 0 Å². The first-order valence-corrected chi connectivity index (χ1v) is 8.29. The average Bonchev–Trinajstić information content (AvgIpc) is 2.51. The van der Waals surface area contributed by atoms with Crippen molar-refractivity contribution in [1.29, 1.82) is 0 Å². The Hall–Kier alpha value is -1.88. The van der Waals surface area contributed by atoms with Crippen LogP contribution in [0.25, 0.3) is 10.8 Å². The zero-order chi connectivity index (χ0) is 15.5. The number of rotatable bonds is 5. The lowest BCUT2D eigenvalue weighted by Gasteiger charge is -2.13. The van der Waals surface area contributed by atoms with Gasteiger partial charge in [-0.3, -0.25) is 4.79 Å². The smallest absolute Gasteiger partial charge is 0.305 e. The van der Waals surface area contributed by atoms with Crippen molar-refractivity contribution in [2.75, 3.05) is 7.11 Å². The number of benzene rings is 2. The Morgan fingerprint density at radius 2 is 1.81 bits per heavy atom. The Bertz CT molecular complexity index is 750. The molecule has 0 unspecified atom stereocenters. The standard InChI is InChI=1S/C16H18O4S/c1-12(7-10-16(17)20-2)21(18,19)15-9-8-13-5-3-4-6-14(13)11-15/h3-6,8-9,11-12H,7,10H2,1-2H3/t12-/m1/s1. The SMILES string of the molecule is COC(=O)CC[C@@H](C)S(=O)(=O)c1ccc2ccccc2c1. The molecule has 5 heteroatoms. The molecule has 0 amide bonds. The van der Waals surface area contributed by atoms with Gasteiger partial charge in [0.1, 0.15) is 0 Å². The molecule has 0 heterocycles. The van der Waals surface area contributed by atoms with Crippen molar-refractivity contribution in [2.24, 2.45) is 0 Å². The predicted molar refractivity (Wildman–Crippen MR) is 81.8 cm³/mol. The highest BCUT2D eigenvalue weighted by Gasteiger charge is 2.24. The Morgan fingerprint density at radius 3 is 2.48 bits per heavy atom. The van der Waals surface area contributed by atoms with Crippen molar-refractivity contribution in [3.63, 3.8) is 0 Å². The second-order valence-corrected chi connectivity index (χ2v) is 7.35. The van der Waals surface area contributed by atoms with E-state index in [9.17, 15) is 13.2 Å². The number of methoxy groups -OCH3 is 1. The summed E-state index contributed by atoms with van der Waals surface area (Å²) in [6, 6.07) is 12.7. The second kappa shape index (κ2) is 6.26. The average molecular weight is 306 g/mol. The van der Waals surface area contributed by atoms with E-state index in [4.69, 9.17) is 0 Å². The van der Waals surface area contributed by atoms with Crippen molar-refractivity contribution in [3.8, 4) is 0 Å². The number of hydrogen-bond donors (Lipinski definition) is 0. The first-order valence-electron chi connectivity index (χ1n) is 6.74. The number of sulfone groups is 1. The molecule has 2 aromatic rings. The molecule has 0 saturated heterocycles. The molecule has 0 spiro atoms. The number of esters is 1. The molecule has 0 aliphatic rings. The van der Waals surface area contributed by atoms with Gasteiger partial charge < -0.3 is 4.74 Å². The van der Waals surface area contributed by atoms with Gasteiger partial charge in [-0.25, -0.2) is 8.42 Å². The Labute approximate surface area is 124 Å². The largest absolute Gasteiger partial charge is 0.469 e. The molecule has 0 aromatic heterocycles. The van der Waals surface area contributed by atoms with Gasteiger partial charge in [-0.15, -0.1) is 0 Å². The van der Waals surface area contributed by atoms with Gasteiger partial charge in [-0.05, 0) is 36.2 Å². The van der Waals surface area contributed by atoms with E-state index in [0.29, 0.717) is 4.90 Å². The lowest BCUT2D eigenvalue weighted by Crippen LogP contribution is -2.19. The summed E-state index contributed by atoms with van der Waals surface area (Å²) >= 11 is 0. The molecule has 4 nitrogen and oxygen atoms in total. The van der Waals surface area contributed by atoms with Crippen molar-refractivity contribution in [2.45, 2.75) is 29.9 Å². The van der Waals surface area contributed by atoms with Gasteiger partial charge in [0.2, 0.25) is 0 Å². The van der Waals surface area contributed by atoms with Gasteiger partial charge in [-0.2, -0.15) is 0 Å². The minimum atomic E-state index is -3.44. The van der Waals surface area contributed by atoms with E-state index in [0.717, 1.165) is 10.8 Å². The third-order valence-electron chi connectivity index (χ3n) is 3.56. The number of fused-ring (bicyclic) bond motifs is 1. The Balaban J connectivity index is 2.26. The fraction of sp³-hybridized carbons (Fsp3) is 0.312. The maximum atomic E-state index is 12.5. The lowest BCUT2D eigenvalue weighted by atomic mass is 10.1. The monoisotopic (exact) mass is 306 g/mol. The molecule has 2 aromatic carbocycles. The van der Waals surface area contributed by atoms with Gasteiger partial charge >= 0.3 is 5.97 Å².